The van der Waals surface area contributed by atoms with Crippen molar-refractivity contribution in [1.82, 2.24) is 9.80 Å². The van der Waals surface area contributed by atoms with E-state index in [1.54, 1.807) is 0 Å². The molecule has 3 heterocycles. The Bertz CT molecular complexity index is 902. The van der Waals surface area contributed by atoms with Crippen LogP contribution in [0.3, 0.4) is 0 Å². The van der Waals surface area contributed by atoms with E-state index in [9.17, 15) is 0 Å². The third-order valence-electron chi connectivity index (χ3n) is 5.92. The largest absolute Gasteiger partial charge is 4.00 e. The Morgan fingerprint density at radius 2 is 1.57 bits per heavy atom. The van der Waals surface area contributed by atoms with Gasteiger partial charge in [-0.1, -0.05) is 18.5 Å². The summed E-state index contributed by atoms with van der Waals surface area (Å²) in [6.07, 6.45) is 11.0. The summed E-state index contributed by atoms with van der Waals surface area (Å²) in [4.78, 5) is 6.69. The van der Waals surface area contributed by atoms with E-state index < -0.39 is 0 Å². The van der Waals surface area contributed by atoms with Gasteiger partial charge in [0.2, 0.25) is 0 Å². The molecule has 0 radical (unpaired) electrons. The van der Waals surface area contributed by atoms with Crippen LogP contribution in [-0.4, -0.2) is 28.2 Å². The molecule has 8 bridgehead atoms. The van der Waals surface area contributed by atoms with Crippen molar-refractivity contribution in [1.29, 1.82) is 0 Å². The minimum absolute atomic E-state index is 0. The maximum absolute atomic E-state index is 6.05. The first-order valence-corrected chi connectivity index (χ1v) is 10.1. The topological polar surface area (TPSA) is 34.5 Å². The fourth-order valence-corrected chi connectivity index (χ4v) is 4.49. The van der Waals surface area contributed by atoms with Gasteiger partial charge in [-0.3, -0.25) is 0 Å². The summed E-state index contributed by atoms with van der Waals surface area (Å²) in [6.45, 7) is 4.23. The molecule has 0 N–H and O–H groups in total. The van der Waals surface area contributed by atoms with Crippen molar-refractivity contribution in [2.75, 3.05) is 9.91 Å². The molecule has 7 heteroatoms. The molecule has 0 aromatic heterocycles. The third-order valence-corrected chi connectivity index (χ3v) is 5.92. The molecule has 1 saturated carbocycles. The van der Waals surface area contributed by atoms with E-state index >= 15 is 0 Å². The molecule has 1 aliphatic carbocycles. The zero-order chi connectivity index (χ0) is 19.2. The van der Waals surface area contributed by atoms with Crippen LogP contribution in [0, 0.1) is 25.5 Å². The van der Waals surface area contributed by atoms with Crippen molar-refractivity contribution in [3.8, 4) is 11.5 Å². The van der Waals surface area contributed by atoms with E-state index in [-0.39, 0.29) is 21.1 Å². The molecule has 2 atom stereocenters. The van der Waals surface area contributed by atoms with Gasteiger partial charge in [-0.25, -0.2) is 0 Å². The number of hydrazone groups is 1. The Hall–Kier alpha value is -2.46. The van der Waals surface area contributed by atoms with Gasteiger partial charge in [-0.15, -0.1) is 48.8 Å². The molecule has 2 unspecified atom stereocenters. The minimum atomic E-state index is 0. The molecule has 0 amide bonds. The van der Waals surface area contributed by atoms with Crippen LogP contribution in [-0.2, 0) is 21.1 Å². The quantitative estimate of drug-likeness (QED) is 0.436. The van der Waals surface area contributed by atoms with Gasteiger partial charge >= 0.3 is 21.1 Å². The number of hydrogen-bond donors (Lipinski definition) is 0. The summed E-state index contributed by atoms with van der Waals surface area (Å²) >= 11 is 0. The van der Waals surface area contributed by atoms with Crippen molar-refractivity contribution >= 4 is 17.7 Å². The van der Waals surface area contributed by atoms with Gasteiger partial charge in [0, 0.05) is 23.6 Å². The molecular formula is C23H21N5OPt. The number of ether oxygens (including phenoxy) is 1. The monoisotopic (exact) mass is 578 g/mol. The zero-order valence-corrected chi connectivity index (χ0v) is 18.6. The molecule has 6 rings (SSSR count). The Morgan fingerprint density at radius 3 is 2.37 bits per heavy atom. The van der Waals surface area contributed by atoms with Crippen LogP contribution in [0.1, 0.15) is 25.7 Å². The average Bonchev–Trinajstić information content (AvgIpc) is 3.44. The summed E-state index contributed by atoms with van der Waals surface area (Å²) in [5, 5.41) is 6.47. The molecule has 4 aliphatic rings. The van der Waals surface area contributed by atoms with E-state index in [4.69, 9.17) is 4.74 Å². The van der Waals surface area contributed by atoms with Gasteiger partial charge in [0.1, 0.15) is 0 Å². The van der Waals surface area contributed by atoms with E-state index in [0.717, 1.165) is 24.2 Å². The second-order valence-corrected chi connectivity index (χ2v) is 7.73. The second kappa shape index (κ2) is 7.99. The van der Waals surface area contributed by atoms with Crippen LogP contribution in [0.25, 0.3) is 0 Å². The number of fused-ring (bicyclic) bond motifs is 13. The minimum Gasteiger partial charge on any atom is -0.509 e. The zero-order valence-electron chi connectivity index (χ0n) is 16.3. The first-order chi connectivity index (χ1) is 14.3. The van der Waals surface area contributed by atoms with Gasteiger partial charge in [0.25, 0.3) is 0 Å². The maximum atomic E-state index is 6.05. The third kappa shape index (κ3) is 3.47. The van der Waals surface area contributed by atoms with Crippen molar-refractivity contribution in [3.63, 3.8) is 0 Å². The molecule has 0 spiro atoms. The first-order valence-electron chi connectivity index (χ1n) is 10.1. The fraction of sp³-hybridized carbons (Fsp3) is 0.261. The molecule has 1 fully saturated rings. The van der Waals surface area contributed by atoms with Gasteiger partial charge < -0.3 is 24.4 Å². The molecule has 6 nitrogen and oxygen atoms in total. The summed E-state index contributed by atoms with van der Waals surface area (Å²) in [5.74, 6) is 1.31. The number of benzene rings is 2. The van der Waals surface area contributed by atoms with E-state index in [2.05, 4.69) is 57.7 Å². The molecule has 3 aliphatic heterocycles. The molecular weight excluding hydrogens is 557 g/mol. The molecule has 2 aromatic carbocycles. The summed E-state index contributed by atoms with van der Waals surface area (Å²) in [6, 6.07) is 19.3. The molecule has 30 heavy (non-hydrogen) atoms. The summed E-state index contributed by atoms with van der Waals surface area (Å²) in [7, 11) is 0. The van der Waals surface area contributed by atoms with E-state index in [0.29, 0.717) is 23.6 Å². The van der Waals surface area contributed by atoms with Gasteiger partial charge in [-0.2, -0.15) is 23.9 Å². The van der Waals surface area contributed by atoms with Crippen molar-refractivity contribution in [3.05, 3.63) is 74.3 Å². The predicted octanol–water partition coefficient (Wildman–Crippen LogP) is 4.30. The van der Waals surface area contributed by atoms with E-state index in [1.807, 2.05) is 47.7 Å². The van der Waals surface area contributed by atoms with Crippen molar-refractivity contribution < 1.29 is 25.8 Å². The second-order valence-electron chi connectivity index (χ2n) is 7.73. The van der Waals surface area contributed by atoms with Crippen molar-refractivity contribution in [2.45, 2.75) is 37.8 Å². The van der Waals surface area contributed by atoms with Crippen molar-refractivity contribution in [2.24, 2.45) is 5.10 Å². The summed E-state index contributed by atoms with van der Waals surface area (Å²) in [5.41, 5.74) is 1.81. The van der Waals surface area contributed by atoms with Crippen LogP contribution in [0.4, 0.5) is 11.4 Å². The van der Waals surface area contributed by atoms with Gasteiger partial charge in [-0.05, 0) is 25.2 Å². The Kier molecular flexibility index (Phi) is 5.19. The molecule has 154 valence electrons. The SMILES string of the molecule is [Pt+4].[c-]1c2cccc1N1C=CN([CH-]1)C1CCCCC1N1C=NN([CH-]1)c1[c-]c(ccc1)O2. The predicted molar refractivity (Wildman–Crippen MR) is 112 cm³/mol. The Labute approximate surface area is 191 Å². The van der Waals surface area contributed by atoms with Crippen LogP contribution >= 0.6 is 0 Å². The number of anilines is 2. The average molecular weight is 579 g/mol. The smallest absolute Gasteiger partial charge is 0.509 e. The van der Waals surface area contributed by atoms with Crippen LogP contribution in [0.15, 0.2) is 53.9 Å². The maximum Gasteiger partial charge on any atom is 4.00 e. The van der Waals surface area contributed by atoms with Gasteiger partial charge in [0.05, 0.1) is 6.34 Å². The fourth-order valence-electron chi connectivity index (χ4n) is 4.49. The summed E-state index contributed by atoms with van der Waals surface area (Å²) < 4.78 is 6.05. The van der Waals surface area contributed by atoms with Crippen LogP contribution in [0.2, 0.25) is 0 Å². The molecule has 0 saturated heterocycles. The number of rotatable bonds is 0. The number of hydrogen-bond acceptors (Lipinski definition) is 6. The first kappa shape index (κ1) is 19.5. The van der Waals surface area contributed by atoms with Crippen LogP contribution in [0.5, 0.6) is 11.5 Å². The molecule has 2 aromatic rings. The Balaban J connectivity index is 0.00000193. The standard InChI is InChI=1S/C23H21N5O.Pt/c1-2-10-23-22(9-1)26-12-11-25(16-26)18-5-3-7-20(13-18)29-21-8-4-6-19(14-21)28-17-27(23)15-24-28;/h3-8,11-12,15-17,22-23H,1-2,9-10H2;/q-4;+4. The normalized spacial score (nSPS) is 24.0. The van der Waals surface area contributed by atoms with Gasteiger partial charge in [0.15, 0.2) is 0 Å². The number of nitrogens with zero attached hydrogens (tertiary/aromatic N) is 5. The van der Waals surface area contributed by atoms with E-state index in [1.165, 1.54) is 12.8 Å². The van der Waals surface area contributed by atoms with Crippen LogP contribution < -0.4 is 14.6 Å². The Morgan fingerprint density at radius 1 is 0.867 bits per heavy atom.